The second kappa shape index (κ2) is 7.01. The number of ether oxygens (including phenoxy) is 1. The Kier molecular flexibility index (Phi) is 5.33. The average molecular weight is 268 g/mol. The molecule has 1 saturated carbocycles. The molecule has 0 radical (unpaired) electrons. The van der Waals surface area contributed by atoms with E-state index >= 15 is 0 Å². The summed E-state index contributed by atoms with van der Waals surface area (Å²) in [6.07, 6.45) is 6.74. The lowest BCUT2D eigenvalue weighted by Crippen LogP contribution is -2.34. The number of benzene rings is 1. The molecule has 2 nitrogen and oxygen atoms in total. The molecule has 18 heavy (non-hydrogen) atoms. The highest BCUT2D eigenvalue weighted by Gasteiger charge is 2.12. The van der Waals surface area contributed by atoms with Crippen LogP contribution in [0.4, 0.5) is 0 Å². The number of hydrogen-bond acceptors (Lipinski definition) is 2. The van der Waals surface area contributed by atoms with Crippen LogP contribution in [0.1, 0.15) is 37.7 Å². The third-order valence-electron chi connectivity index (χ3n) is 3.48. The summed E-state index contributed by atoms with van der Waals surface area (Å²) >= 11 is 6.08. The molecule has 0 spiro atoms. The van der Waals surface area contributed by atoms with E-state index in [2.05, 4.69) is 5.32 Å². The van der Waals surface area contributed by atoms with Gasteiger partial charge in [0.25, 0.3) is 0 Å². The lowest BCUT2D eigenvalue weighted by molar-refractivity contribution is 0.289. The quantitative estimate of drug-likeness (QED) is 0.816. The first kappa shape index (κ1) is 13.7. The highest BCUT2D eigenvalue weighted by molar-refractivity contribution is 6.32. The molecule has 2 rings (SSSR count). The second-order valence-electron chi connectivity index (χ2n) is 5.07. The molecule has 1 aliphatic carbocycles. The van der Waals surface area contributed by atoms with E-state index in [0.717, 1.165) is 12.3 Å². The minimum atomic E-state index is 0.680. The van der Waals surface area contributed by atoms with Gasteiger partial charge in [0.1, 0.15) is 12.4 Å². The van der Waals surface area contributed by atoms with E-state index < -0.39 is 0 Å². The third-order valence-corrected chi connectivity index (χ3v) is 3.80. The Morgan fingerprint density at radius 1 is 1.28 bits per heavy atom. The maximum absolute atomic E-state index is 6.08. The van der Waals surface area contributed by atoms with Crippen molar-refractivity contribution in [3.63, 3.8) is 0 Å². The van der Waals surface area contributed by atoms with Gasteiger partial charge in [-0.05, 0) is 37.5 Å². The molecule has 0 heterocycles. The van der Waals surface area contributed by atoms with Crippen molar-refractivity contribution in [3.05, 3.63) is 28.8 Å². The molecule has 0 unspecified atom stereocenters. The molecular weight excluding hydrogens is 246 g/mol. The van der Waals surface area contributed by atoms with E-state index in [0.29, 0.717) is 17.7 Å². The van der Waals surface area contributed by atoms with E-state index in [1.165, 1.54) is 37.7 Å². The van der Waals surface area contributed by atoms with Gasteiger partial charge in [-0.1, -0.05) is 36.9 Å². The van der Waals surface area contributed by atoms with E-state index in [9.17, 15) is 0 Å². The van der Waals surface area contributed by atoms with Crippen molar-refractivity contribution in [2.75, 3.05) is 13.2 Å². The van der Waals surface area contributed by atoms with Gasteiger partial charge in [-0.2, -0.15) is 0 Å². The Labute approximate surface area is 115 Å². The van der Waals surface area contributed by atoms with Crippen LogP contribution in [0.25, 0.3) is 0 Å². The summed E-state index contributed by atoms with van der Waals surface area (Å²) in [6, 6.07) is 6.56. The maximum atomic E-state index is 6.08. The van der Waals surface area contributed by atoms with Crippen LogP contribution in [0.2, 0.25) is 5.02 Å². The van der Waals surface area contributed by atoms with Crippen LogP contribution in [0.5, 0.6) is 5.75 Å². The Hall–Kier alpha value is -0.730. The summed E-state index contributed by atoms with van der Waals surface area (Å²) in [4.78, 5) is 0. The van der Waals surface area contributed by atoms with Gasteiger partial charge in [0.05, 0.1) is 5.02 Å². The van der Waals surface area contributed by atoms with E-state index in [4.69, 9.17) is 16.3 Å². The second-order valence-corrected chi connectivity index (χ2v) is 5.48. The van der Waals surface area contributed by atoms with Crippen molar-refractivity contribution in [1.82, 2.24) is 5.32 Å². The highest BCUT2D eigenvalue weighted by Crippen LogP contribution is 2.25. The van der Waals surface area contributed by atoms with Crippen molar-refractivity contribution < 1.29 is 4.74 Å². The van der Waals surface area contributed by atoms with Crippen molar-refractivity contribution in [3.8, 4) is 5.75 Å². The molecule has 0 atom stereocenters. The highest BCUT2D eigenvalue weighted by atomic mass is 35.5. The van der Waals surface area contributed by atoms with Crippen molar-refractivity contribution in [2.24, 2.45) is 0 Å². The largest absolute Gasteiger partial charge is 0.491 e. The molecule has 0 bridgehead atoms. The molecule has 0 amide bonds. The predicted molar refractivity (Wildman–Crippen MR) is 76.6 cm³/mol. The predicted octanol–water partition coefficient (Wildman–Crippen LogP) is 3.95. The summed E-state index contributed by atoms with van der Waals surface area (Å²) < 4.78 is 5.71. The van der Waals surface area contributed by atoms with Crippen molar-refractivity contribution in [1.29, 1.82) is 0 Å². The summed E-state index contributed by atoms with van der Waals surface area (Å²) in [7, 11) is 0. The summed E-state index contributed by atoms with van der Waals surface area (Å²) in [5, 5.41) is 4.25. The smallest absolute Gasteiger partial charge is 0.138 e. The fourth-order valence-electron chi connectivity index (χ4n) is 2.45. The van der Waals surface area contributed by atoms with Crippen LogP contribution in [0.3, 0.4) is 0 Å². The summed E-state index contributed by atoms with van der Waals surface area (Å²) in [5.41, 5.74) is 1.18. The van der Waals surface area contributed by atoms with Crippen LogP contribution in [0, 0.1) is 6.92 Å². The molecule has 1 aromatic carbocycles. The normalized spacial score (nSPS) is 16.8. The number of aryl methyl sites for hydroxylation is 1. The van der Waals surface area contributed by atoms with Gasteiger partial charge >= 0.3 is 0 Å². The van der Waals surface area contributed by atoms with Gasteiger partial charge in [0, 0.05) is 12.6 Å². The molecule has 1 aromatic rings. The number of nitrogens with one attached hydrogen (secondary N) is 1. The number of halogens is 1. The topological polar surface area (TPSA) is 21.3 Å². The maximum Gasteiger partial charge on any atom is 0.138 e. The van der Waals surface area contributed by atoms with Gasteiger partial charge in [0.2, 0.25) is 0 Å². The Bertz CT molecular complexity index is 375. The lowest BCUT2D eigenvalue weighted by atomic mass is 9.96. The minimum absolute atomic E-state index is 0.680. The monoisotopic (exact) mass is 267 g/mol. The zero-order valence-corrected chi connectivity index (χ0v) is 11.8. The SMILES string of the molecule is Cc1ccc(Cl)c(OCCNC2CCCCC2)c1. The zero-order valence-electron chi connectivity index (χ0n) is 11.0. The van der Waals surface area contributed by atoms with Crippen LogP contribution >= 0.6 is 11.6 Å². The molecular formula is C15H22ClNO. The Morgan fingerprint density at radius 3 is 2.83 bits per heavy atom. The lowest BCUT2D eigenvalue weighted by Gasteiger charge is -2.22. The fraction of sp³-hybridized carbons (Fsp3) is 0.600. The molecule has 1 fully saturated rings. The Balaban J connectivity index is 1.69. The van der Waals surface area contributed by atoms with Gasteiger partial charge < -0.3 is 10.1 Å². The molecule has 1 aliphatic rings. The van der Waals surface area contributed by atoms with Crippen LogP contribution < -0.4 is 10.1 Å². The van der Waals surface area contributed by atoms with Crippen molar-refractivity contribution >= 4 is 11.6 Å². The minimum Gasteiger partial charge on any atom is -0.491 e. The van der Waals surface area contributed by atoms with Crippen molar-refractivity contribution in [2.45, 2.75) is 45.1 Å². The average Bonchev–Trinajstić information content (AvgIpc) is 2.40. The Morgan fingerprint density at radius 2 is 2.06 bits per heavy atom. The van der Waals surface area contributed by atoms with E-state index in [-0.39, 0.29) is 0 Å². The summed E-state index contributed by atoms with van der Waals surface area (Å²) in [5.74, 6) is 0.794. The first-order valence-corrected chi connectivity index (χ1v) is 7.26. The fourth-order valence-corrected chi connectivity index (χ4v) is 2.62. The molecule has 3 heteroatoms. The molecule has 100 valence electrons. The first-order chi connectivity index (χ1) is 8.75. The standard InChI is InChI=1S/C15H22ClNO/c1-12-7-8-14(16)15(11-12)18-10-9-17-13-5-3-2-4-6-13/h7-8,11,13,17H,2-6,9-10H2,1H3. The van der Waals surface area contributed by atoms with E-state index in [1.54, 1.807) is 0 Å². The van der Waals surface area contributed by atoms with Gasteiger partial charge in [-0.15, -0.1) is 0 Å². The van der Waals surface area contributed by atoms with Gasteiger partial charge in [-0.3, -0.25) is 0 Å². The molecule has 0 saturated heterocycles. The zero-order chi connectivity index (χ0) is 12.8. The summed E-state index contributed by atoms with van der Waals surface area (Å²) in [6.45, 7) is 3.62. The molecule has 1 N–H and O–H groups in total. The van der Waals surface area contributed by atoms with Gasteiger partial charge in [0.15, 0.2) is 0 Å². The van der Waals surface area contributed by atoms with E-state index in [1.807, 2.05) is 25.1 Å². The molecule has 0 aromatic heterocycles. The molecule has 0 aliphatic heterocycles. The van der Waals surface area contributed by atoms with Crippen LogP contribution in [0.15, 0.2) is 18.2 Å². The number of hydrogen-bond donors (Lipinski definition) is 1. The van der Waals surface area contributed by atoms with Crippen LogP contribution in [-0.2, 0) is 0 Å². The van der Waals surface area contributed by atoms with Gasteiger partial charge in [-0.25, -0.2) is 0 Å². The number of rotatable bonds is 5. The first-order valence-electron chi connectivity index (χ1n) is 6.88. The van der Waals surface area contributed by atoms with Crippen LogP contribution in [-0.4, -0.2) is 19.2 Å². The third kappa shape index (κ3) is 4.18.